The quantitative estimate of drug-likeness (QED) is 0.622. The van der Waals surface area contributed by atoms with Gasteiger partial charge in [-0.05, 0) is 37.6 Å². The molecule has 1 spiro atoms. The van der Waals surface area contributed by atoms with E-state index in [9.17, 15) is 0 Å². The maximum atomic E-state index is 6.52. The first-order chi connectivity index (χ1) is 8.93. The van der Waals surface area contributed by atoms with Gasteiger partial charge in [-0.2, -0.15) is 0 Å². The van der Waals surface area contributed by atoms with Crippen LogP contribution in [0.25, 0.3) is 0 Å². The van der Waals surface area contributed by atoms with Crippen LogP contribution in [0, 0.1) is 17.8 Å². The van der Waals surface area contributed by atoms with Gasteiger partial charge in [-0.3, -0.25) is 4.90 Å². The molecular formula is C16H28BNO. The van der Waals surface area contributed by atoms with Crippen LogP contribution in [0.3, 0.4) is 0 Å². The van der Waals surface area contributed by atoms with E-state index in [-0.39, 0.29) is 5.31 Å². The van der Waals surface area contributed by atoms with Crippen molar-refractivity contribution in [3.05, 3.63) is 0 Å². The second kappa shape index (κ2) is 4.77. The van der Waals surface area contributed by atoms with Gasteiger partial charge in [-0.15, -0.1) is 0 Å². The lowest BCUT2D eigenvalue weighted by Crippen LogP contribution is -2.65. The molecule has 3 fully saturated rings. The third-order valence-electron chi connectivity index (χ3n) is 6.01. The van der Waals surface area contributed by atoms with Crippen LogP contribution < -0.4 is 0 Å². The van der Waals surface area contributed by atoms with Crippen LogP contribution in [0.5, 0.6) is 0 Å². The average Bonchev–Trinajstić information content (AvgIpc) is 2.41. The molecule has 2 radical (unpaired) electrons. The molecule has 1 aliphatic carbocycles. The van der Waals surface area contributed by atoms with Gasteiger partial charge >= 0.3 is 0 Å². The Morgan fingerprint density at radius 2 is 2.05 bits per heavy atom. The molecule has 0 bridgehead atoms. The summed E-state index contributed by atoms with van der Waals surface area (Å²) in [4.78, 5) is 2.62. The number of likely N-dealkylation sites (N-methyl/N-ethyl adjacent to an activating group) is 1. The van der Waals surface area contributed by atoms with Gasteiger partial charge in [0.1, 0.15) is 0 Å². The normalized spacial score (nSPS) is 47.0. The lowest BCUT2D eigenvalue weighted by Gasteiger charge is -2.53. The van der Waals surface area contributed by atoms with Gasteiger partial charge in [0.15, 0.2) is 0 Å². The van der Waals surface area contributed by atoms with E-state index in [2.05, 4.69) is 25.8 Å². The van der Waals surface area contributed by atoms with Gasteiger partial charge < -0.3 is 4.74 Å². The Morgan fingerprint density at radius 3 is 2.68 bits per heavy atom. The van der Waals surface area contributed by atoms with Crippen molar-refractivity contribution < 1.29 is 4.74 Å². The lowest BCUT2D eigenvalue weighted by molar-refractivity contribution is -0.167. The van der Waals surface area contributed by atoms with Crippen LogP contribution in [0.4, 0.5) is 0 Å². The minimum absolute atomic E-state index is 0.0494. The fourth-order valence-electron chi connectivity index (χ4n) is 5.03. The van der Waals surface area contributed by atoms with E-state index in [1.54, 1.807) is 0 Å². The lowest BCUT2D eigenvalue weighted by atomic mass is 9.61. The van der Waals surface area contributed by atoms with Gasteiger partial charge in [-0.1, -0.05) is 38.4 Å². The Bertz CT molecular complexity index is 340. The Balaban J connectivity index is 1.90. The summed E-state index contributed by atoms with van der Waals surface area (Å²) in [7, 11) is 8.83. The molecule has 3 aliphatic rings. The topological polar surface area (TPSA) is 12.5 Å². The van der Waals surface area contributed by atoms with Crippen molar-refractivity contribution in [1.29, 1.82) is 0 Å². The zero-order chi connectivity index (χ0) is 13.7. The molecule has 0 N–H and O–H groups in total. The predicted octanol–water partition coefficient (Wildman–Crippen LogP) is 2.88. The molecule has 3 rings (SSSR count). The number of ether oxygens (including phenoxy) is 1. The van der Waals surface area contributed by atoms with Crippen LogP contribution in [-0.2, 0) is 4.74 Å². The highest BCUT2D eigenvalue weighted by Gasteiger charge is 2.54. The zero-order valence-electron chi connectivity index (χ0n) is 12.8. The van der Waals surface area contributed by atoms with Crippen LogP contribution in [0.15, 0.2) is 0 Å². The van der Waals surface area contributed by atoms with E-state index in [0.717, 1.165) is 31.0 Å². The third kappa shape index (κ3) is 2.38. The number of likely N-dealkylation sites (tertiary alicyclic amines) is 1. The van der Waals surface area contributed by atoms with E-state index >= 15 is 0 Å². The Hall–Kier alpha value is -0.0151. The molecule has 2 saturated heterocycles. The maximum Gasteiger partial charge on any atom is 0.0742 e. The molecular weight excluding hydrogens is 233 g/mol. The number of nitrogens with zero attached hydrogens (tertiary/aromatic N) is 1. The van der Waals surface area contributed by atoms with Crippen LogP contribution in [0.1, 0.15) is 46.0 Å². The van der Waals surface area contributed by atoms with Crippen molar-refractivity contribution in [2.45, 2.75) is 56.8 Å². The molecule has 0 aromatic rings. The van der Waals surface area contributed by atoms with Crippen molar-refractivity contribution in [2.24, 2.45) is 17.8 Å². The SMILES string of the molecule is [B]C1(C)CCCC2C(CC(C)CN(C)C23COC3)C1. The molecule has 3 heteroatoms. The summed E-state index contributed by atoms with van der Waals surface area (Å²) in [5.41, 5.74) is 0.329. The molecule has 0 aromatic heterocycles. The molecule has 106 valence electrons. The standard InChI is InChI=1S/C16H28BNO/c1-12-7-13-8-15(2,17)6-4-5-14(13)16(10-19-11-16)18(3)9-12/h12-14H,4-11H2,1-3H3. The maximum absolute atomic E-state index is 6.52. The number of hydrogen-bond donors (Lipinski definition) is 0. The van der Waals surface area contributed by atoms with E-state index in [1.165, 1.54) is 38.6 Å². The Kier molecular flexibility index (Phi) is 3.50. The minimum Gasteiger partial charge on any atom is -0.377 e. The highest BCUT2D eigenvalue weighted by atomic mass is 16.5. The number of rotatable bonds is 0. The summed E-state index contributed by atoms with van der Waals surface area (Å²) < 4.78 is 5.65. The number of fused-ring (bicyclic) bond motifs is 2. The van der Waals surface area contributed by atoms with Crippen molar-refractivity contribution in [2.75, 3.05) is 26.8 Å². The molecule has 0 aromatic carbocycles. The van der Waals surface area contributed by atoms with E-state index < -0.39 is 0 Å². The molecule has 2 heterocycles. The number of hydrogen-bond acceptors (Lipinski definition) is 2. The van der Waals surface area contributed by atoms with Crippen molar-refractivity contribution >= 4 is 7.85 Å². The van der Waals surface area contributed by atoms with Crippen molar-refractivity contribution in [1.82, 2.24) is 4.90 Å². The monoisotopic (exact) mass is 261 g/mol. The fourth-order valence-corrected chi connectivity index (χ4v) is 5.03. The molecule has 0 amide bonds. The molecule has 4 atom stereocenters. The highest BCUT2D eigenvalue weighted by Crippen LogP contribution is 2.52. The first kappa shape index (κ1) is 13.9. The van der Waals surface area contributed by atoms with E-state index in [1.807, 2.05) is 0 Å². The molecule has 2 nitrogen and oxygen atoms in total. The zero-order valence-corrected chi connectivity index (χ0v) is 12.8. The summed E-state index contributed by atoms with van der Waals surface area (Å²) in [6.45, 7) is 7.78. The second-order valence-corrected chi connectivity index (χ2v) is 7.93. The summed E-state index contributed by atoms with van der Waals surface area (Å²) in [6.07, 6.45) is 6.38. The van der Waals surface area contributed by atoms with Crippen molar-refractivity contribution in [3.8, 4) is 0 Å². The molecule has 2 aliphatic heterocycles. The first-order valence-electron chi connectivity index (χ1n) is 8.01. The van der Waals surface area contributed by atoms with E-state index in [4.69, 9.17) is 12.6 Å². The van der Waals surface area contributed by atoms with Gasteiger partial charge in [0, 0.05) is 6.54 Å². The Labute approximate surface area is 119 Å². The first-order valence-corrected chi connectivity index (χ1v) is 8.01. The summed E-state index contributed by atoms with van der Waals surface area (Å²) in [6, 6.07) is 0. The highest BCUT2D eigenvalue weighted by molar-refractivity contribution is 6.14. The molecule has 19 heavy (non-hydrogen) atoms. The van der Waals surface area contributed by atoms with Gasteiger partial charge in [0.05, 0.1) is 26.6 Å². The third-order valence-corrected chi connectivity index (χ3v) is 6.01. The van der Waals surface area contributed by atoms with Gasteiger partial charge in [0.25, 0.3) is 0 Å². The molecule has 4 unspecified atom stereocenters. The van der Waals surface area contributed by atoms with Gasteiger partial charge in [0.2, 0.25) is 0 Å². The predicted molar refractivity (Wildman–Crippen MR) is 79.5 cm³/mol. The molecule has 1 saturated carbocycles. The summed E-state index contributed by atoms with van der Waals surface area (Å²) in [5, 5.41) is 0.0494. The summed E-state index contributed by atoms with van der Waals surface area (Å²) >= 11 is 0. The fraction of sp³-hybridized carbons (Fsp3) is 1.00. The largest absolute Gasteiger partial charge is 0.377 e. The Morgan fingerprint density at radius 1 is 1.32 bits per heavy atom. The average molecular weight is 261 g/mol. The smallest absolute Gasteiger partial charge is 0.0742 e. The van der Waals surface area contributed by atoms with Crippen LogP contribution in [0.2, 0.25) is 5.31 Å². The summed E-state index contributed by atoms with van der Waals surface area (Å²) in [5.74, 6) is 2.37. The second-order valence-electron chi connectivity index (χ2n) is 7.93. The van der Waals surface area contributed by atoms with Crippen LogP contribution >= 0.6 is 0 Å². The van der Waals surface area contributed by atoms with Crippen LogP contribution in [-0.4, -0.2) is 45.1 Å². The minimum atomic E-state index is 0.0494. The van der Waals surface area contributed by atoms with Crippen molar-refractivity contribution in [3.63, 3.8) is 0 Å². The van der Waals surface area contributed by atoms with E-state index in [0.29, 0.717) is 5.54 Å². The van der Waals surface area contributed by atoms with Gasteiger partial charge in [-0.25, -0.2) is 0 Å².